The molecule has 0 unspecified atom stereocenters. The Morgan fingerprint density at radius 1 is 0.857 bits per heavy atom. The third-order valence-corrected chi connectivity index (χ3v) is 4.01. The number of benzene rings is 2. The van der Waals surface area contributed by atoms with E-state index in [0.29, 0.717) is 16.7 Å². The molecule has 142 valence electrons. The van der Waals surface area contributed by atoms with E-state index in [0.717, 1.165) is 0 Å². The highest BCUT2D eigenvalue weighted by atomic mass is 19.1. The van der Waals surface area contributed by atoms with Crippen molar-refractivity contribution in [2.75, 3.05) is 13.1 Å². The van der Waals surface area contributed by atoms with Crippen LogP contribution in [0.5, 0.6) is 0 Å². The number of amides is 2. The monoisotopic (exact) mass is 381 g/mol. The Morgan fingerprint density at radius 2 is 1.54 bits per heavy atom. The van der Waals surface area contributed by atoms with Crippen LogP contribution in [0.4, 0.5) is 8.78 Å². The highest BCUT2D eigenvalue weighted by Crippen LogP contribution is 2.22. The summed E-state index contributed by atoms with van der Waals surface area (Å²) in [6.07, 6.45) is 3.00. The highest BCUT2D eigenvalue weighted by molar-refractivity contribution is 5.95. The number of nitrogens with one attached hydrogen (secondary N) is 2. The molecule has 0 aliphatic carbocycles. The molecule has 28 heavy (non-hydrogen) atoms. The summed E-state index contributed by atoms with van der Waals surface area (Å²) in [5, 5.41) is 5.19. The van der Waals surface area contributed by atoms with Crippen LogP contribution in [-0.4, -0.2) is 29.9 Å². The summed E-state index contributed by atoms with van der Waals surface area (Å²) in [6, 6.07) is 13.1. The van der Waals surface area contributed by atoms with Gasteiger partial charge < -0.3 is 10.6 Å². The average Bonchev–Trinajstić information content (AvgIpc) is 2.72. The van der Waals surface area contributed by atoms with Gasteiger partial charge in [0.2, 0.25) is 0 Å². The zero-order valence-corrected chi connectivity index (χ0v) is 14.8. The molecule has 0 aliphatic heterocycles. The SMILES string of the molecule is O=C(NCCNC(=O)c1ccc(-c2ccc(F)cc2)cc1F)c1cccnc1. The van der Waals surface area contributed by atoms with Crippen LogP contribution in [0.1, 0.15) is 20.7 Å². The van der Waals surface area contributed by atoms with E-state index in [1.54, 1.807) is 24.4 Å². The smallest absolute Gasteiger partial charge is 0.254 e. The third-order valence-electron chi connectivity index (χ3n) is 4.01. The molecule has 1 heterocycles. The standard InChI is InChI=1S/C21H17F2N3O2/c22-17-6-3-14(4-7-17)15-5-8-18(19(23)12-15)21(28)26-11-10-25-20(27)16-2-1-9-24-13-16/h1-9,12-13H,10-11H2,(H,25,27)(H,26,28). The second kappa shape index (κ2) is 8.85. The van der Waals surface area contributed by atoms with Crippen LogP contribution in [0.2, 0.25) is 0 Å². The number of halogens is 2. The zero-order valence-electron chi connectivity index (χ0n) is 14.8. The van der Waals surface area contributed by atoms with Crippen molar-refractivity contribution in [3.63, 3.8) is 0 Å². The lowest BCUT2D eigenvalue weighted by Gasteiger charge is -2.09. The van der Waals surface area contributed by atoms with Gasteiger partial charge in [-0.3, -0.25) is 14.6 Å². The first-order valence-electron chi connectivity index (χ1n) is 8.56. The quantitative estimate of drug-likeness (QED) is 0.645. The molecule has 7 heteroatoms. The minimum Gasteiger partial charge on any atom is -0.350 e. The summed E-state index contributed by atoms with van der Waals surface area (Å²) in [6.45, 7) is 0.332. The average molecular weight is 381 g/mol. The van der Waals surface area contributed by atoms with Crippen molar-refractivity contribution < 1.29 is 18.4 Å². The largest absolute Gasteiger partial charge is 0.350 e. The fraction of sp³-hybridized carbons (Fsp3) is 0.0952. The van der Waals surface area contributed by atoms with Gasteiger partial charge in [-0.2, -0.15) is 0 Å². The molecule has 0 bridgehead atoms. The van der Waals surface area contributed by atoms with Gasteiger partial charge in [-0.1, -0.05) is 18.2 Å². The van der Waals surface area contributed by atoms with Gasteiger partial charge in [0, 0.05) is 25.5 Å². The van der Waals surface area contributed by atoms with Gasteiger partial charge in [-0.05, 0) is 47.5 Å². The van der Waals surface area contributed by atoms with E-state index in [2.05, 4.69) is 15.6 Å². The predicted molar refractivity (Wildman–Crippen MR) is 101 cm³/mol. The van der Waals surface area contributed by atoms with Gasteiger partial charge >= 0.3 is 0 Å². The predicted octanol–water partition coefficient (Wildman–Crippen LogP) is 3.19. The first-order chi connectivity index (χ1) is 13.5. The number of rotatable bonds is 6. The van der Waals surface area contributed by atoms with Crippen molar-refractivity contribution in [2.24, 2.45) is 0 Å². The summed E-state index contributed by atoms with van der Waals surface area (Å²) in [5.41, 5.74) is 1.49. The number of carbonyl (C=O) groups is 2. The van der Waals surface area contributed by atoms with Crippen LogP contribution < -0.4 is 10.6 Å². The van der Waals surface area contributed by atoms with Crippen molar-refractivity contribution in [2.45, 2.75) is 0 Å². The van der Waals surface area contributed by atoms with E-state index in [1.807, 2.05) is 0 Å². The molecule has 3 rings (SSSR count). The zero-order chi connectivity index (χ0) is 19.9. The number of carbonyl (C=O) groups excluding carboxylic acids is 2. The molecule has 0 fully saturated rings. The van der Waals surface area contributed by atoms with Crippen LogP contribution in [-0.2, 0) is 0 Å². The minimum atomic E-state index is -0.682. The molecular formula is C21H17F2N3O2. The molecule has 2 aromatic carbocycles. The van der Waals surface area contributed by atoms with Crippen molar-refractivity contribution >= 4 is 11.8 Å². The first-order valence-corrected chi connectivity index (χ1v) is 8.56. The second-order valence-electron chi connectivity index (χ2n) is 5.96. The molecule has 0 saturated carbocycles. The van der Waals surface area contributed by atoms with Gasteiger partial charge in [0.05, 0.1) is 11.1 Å². The summed E-state index contributed by atoms with van der Waals surface area (Å²) in [4.78, 5) is 27.9. The topological polar surface area (TPSA) is 71.1 Å². The number of hydrogen-bond acceptors (Lipinski definition) is 3. The molecule has 0 spiro atoms. The Balaban J connectivity index is 1.54. The van der Waals surface area contributed by atoms with E-state index in [1.165, 1.54) is 42.6 Å². The summed E-state index contributed by atoms with van der Waals surface area (Å²) >= 11 is 0. The summed E-state index contributed by atoms with van der Waals surface area (Å²) < 4.78 is 27.3. The Labute approximate surface area is 160 Å². The van der Waals surface area contributed by atoms with Crippen LogP contribution in [0.15, 0.2) is 67.0 Å². The van der Waals surface area contributed by atoms with Crippen LogP contribution in [0.25, 0.3) is 11.1 Å². The third kappa shape index (κ3) is 4.76. The Morgan fingerprint density at radius 3 is 2.18 bits per heavy atom. The van der Waals surface area contributed by atoms with E-state index in [4.69, 9.17) is 0 Å². The molecular weight excluding hydrogens is 364 g/mol. The van der Waals surface area contributed by atoms with E-state index < -0.39 is 11.7 Å². The summed E-state index contributed by atoms with van der Waals surface area (Å²) in [7, 11) is 0. The maximum atomic E-state index is 14.3. The number of pyridine rings is 1. The molecule has 0 aliphatic rings. The van der Waals surface area contributed by atoms with E-state index >= 15 is 0 Å². The molecule has 3 aromatic rings. The maximum absolute atomic E-state index is 14.3. The minimum absolute atomic E-state index is 0.107. The van der Waals surface area contributed by atoms with Crippen molar-refractivity contribution in [1.82, 2.24) is 15.6 Å². The molecule has 2 N–H and O–H groups in total. The Bertz CT molecular complexity index is 977. The molecule has 0 saturated heterocycles. The van der Waals surface area contributed by atoms with Crippen molar-refractivity contribution in [3.8, 4) is 11.1 Å². The maximum Gasteiger partial charge on any atom is 0.254 e. The lowest BCUT2D eigenvalue weighted by molar-refractivity contribution is 0.0925. The molecule has 0 radical (unpaired) electrons. The van der Waals surface area contributed by atoms with Gasteiger partial charge in [0.15, 0.2) is 0 Å². The van der Waals surface area contributed by atoms with Crippen molar-refractivity contribution in [1.29, 1.82) is 0 Å². The lowest BCUT2D eigenvalue weighted by Crippen LogP contribution is -2.35. The fourth-order valence-electron chi connectivity index (χ4n) is 2.57. The molecule has 1 aromatic heterocycles. The fourth-order valence-corrected chi connectivity index (χ4v) is 2.57. The first kappa shape index (κ1) is 19.2. The molecule has 0 atom stereocenters. The normalized spacial score (nSPS) is 10.4. The summed E-state index contributed by atoms with van der Waals surface area (Å²) in [5.74, 6) is -1.95. The van der Waals surface area contributed by atoms with Crippen LogP contribution in [0.3, 0.4) is 0 Å². The van der Waals surface area contributed by atoms with Crippen LogP contribution in [0, 0.1) is 11.6 Å². The van der Waals surface area contributed by atoms with Gasteiger partial charge in [0.1, 0.15) is 11.6 Å². The van der Waals surface area contributed by atoms with Crippen LogP contribution >= 0.6 is 0 Å². The number of aromatic nitrogens is 1. The number of hydrogen-bond donors (Lipinski definition) is 2. The Hall–Kier alpha value is -3.61. The number of nitrogens with zero attached hydrogens (tertiary/aromatic N) is 1. The van der Waals surface area contributed by atoms with Crippen molar-refractivity contribution in [3.05, 3.63) is 89.8 Å². The Kier molecular flexibility index (Phi) is 6.06. The molecule has 2 amide bonds. The highest BCUT2D eigenvalue weighted by Gasteiger charge is 2.13. The lowest BCUT2D eigenvalue weighted by atomic mass is 10.0. The van der Waals surface area contributed by atoms with Gasteiger partial charge in [-0.25, -0.2) is 8.78 Å². The van der Waals surface area contributed by atoms with E-state index in [-0.39, 0.29) is 30.4 Å². The van der Waals surface area contributed by atoms with E-state index in [9.17, 15) is 18.4 Å². The molecule has 5 nitrogen and oxygen atoms in total. The van der Waals surface area contributed by atoms with Gasteiger partial charge in [0.25, 0.3) is 11.8 Å². The second-order valence-corrected chi connectivity index (χ2v) is 5.96. The van der Waals surface area contributed by atoms with Gasteiger partial charge in [-0.15, -0.1) is 0 Å².